The summed E-state index contributed by atoms with van der Waals surface area (Å²) < 4.78 is 13.4. The third-order valence-corrected chi connectivity index (χ3v) is 2.14. The monoisotopic (exact) mass is 202 g/mol. The molecule has 0 aromatic heterocycles. The van der Waals surface area contributed by atoms with Crippen molar-refractivity contribution in [3.05, 3.63) is 34.6 Å². The summed E-state index contributed by atoms with van der Waals surface area (Å²) in [6, 6.07) is 6.38. The Morgan fingerprint density at radius 1 is 1.13 bits per heavy atom. The fourth-order valence-electron chi connectivity index (χ4n) is 1.56. The second-order valence-electron chi connectivity index (χ2n) is 4.32. The van der Waals surface area contributed by atoms with Crippen molar-refractivity contribution in [1.29, 1.82) is 10.5 Å². The Hall–Kier alpha value is -1.87. The molecule has 76 valence electrons. The maximum atomic E-state index is 13.4. The average molecular weight is 202 g/mol. The van der Waals surface area contributed by atoms with Crippen molar-refractivity contribution in [2.45, 2.75) is 26.2 Å². The zero-order valence-electron chi connectivity index (χ0n) is 8.93. The highest BCUT2D eigenvalue weighted by atomic mass is 19.1. The van der Waals surface area contributed by atoms with Crippen LogP contribution in [0.2, 0.25) is 0 Å². The van der Waals surface area contributed by atoms with E-state index < -0.39 is 11.2 Å². The van der Waals surface area contributed by atoms with Crippen molar-refractivity contribution in [2.75, 3.05) is 0 Å². The zero-order chi connectivity index (χ0) is 11.6. The number of hydrogen-bond donors (Lipinski definition) is 0. The lowest BCUT2D eigenvalue weighted by Crippen LogP contribution is -2.16. The van der Waals surface area contributed by atoms with E-state index in [0.29, 0.717) is 11.1 Å². The molecule has 0 heterocycles. The van der Waals surface area contributed by atoms with Crippen LogP contribution in [0, 0.1) is 28.5 Å². The Labute approximate surface area is 88.6 Å². The molecule has 0 aliphatic carbocycles. The smallest absolute Gasteiger partial charge is 0.141 e. The first-order valence-electron chi connectivity index (χ1n) is 4.55. The van der Waals surface area contributed by atoms with E-state index >= 15 is 0 Å². The Balaban J connectivity index is 3.67. The Kier molecular flexibility index (Phi) is 2.77. The molecular weight excluding hydrogens is 191 g/mol. The van der Waals surface area contributed by atoms with Gasteiger partial charge in [0.15, 0.2) is 0 Å². The van der Waals surface area contributed by atoms with Crippen LogP contribution in [0.3, 0.4) is 0 Å². The first-order chi connectivity index (χ1) is 6.91. The highest BCUT2D eigenvalue weighted by Crippen LogP contribution is 2.30. The molecule has 0 saturated carbocycles. The Morgan fingerprint density at radius 2 is 1.73 bits per heavy atom. The molecule has 0 aliphatic heterocycles. The lowest BCUT2D eigenvalue weighted by atomic mass is 9.81. The molecule has 0 spiro atoms. The van der Waals surface area contributed by atoms with Gasteiger partial charge >= 0.3 is 0 Å². The fraction of sp³-hybridized carbons (Fsp3) is 0.333. The maximum Gasteiger partial charge on any atom is 0.141 e. The lowest BCUT2D eigenvalue weighted by molar-refractivity contribution is 0.566. The second-order valence-corrected chi connectivity index (χ2v) is 4.32. The molecule has 0 atom stereocenters. The molecule has 0 saturated heterocycles. The minimum absolute atomic E-state index is 0.0263. The summed E-state index contributed by atoms with van der Waals surface area (Å²) in [5.74, 6) is -0.568. The van der Waals surface area contributed by atoms with Gasteiger partial charge in [-0.15, -0.1) is 0 Å². The molecule has 0 fully saturated rings. The van der Waals surface area contributed by atoms with Crippen LogP contribution < -0.4 is 0 Å². The molecule has 0 amide bonds. The molecule has 1 aromatic carbocycles. The van der Waals surface area contributed by atoms with Gasteiger partial charge in [-0.3, -0.25) is 0 Å². The first-order valence-corrected chi connectivity index (χ1v) is 4.55. The number of nitrogens with zero attached hydrogens (tertiary/aromatic N) is 2. The van der Waals surface area contributed by atoms with Crippen LogP contribution in [-0.2, 0) is 5.41 Å². The van der Waals surface area contributed by atoms with Crippen molar-refractivity contribution in [3.8, 4) is 12.1 Å². The molecule has 2 nitrogen and oxygen atoms in total. The number of benzene rings is 1. The van der Waals surface area contributed by atoms with E-state index in [1.165, 1.54) is 6.07 Å². The molecule has 15 heavy (non-hydrogen) atoms. The highest BCUT2D eigenvalue weighted by molar-refractivity contribution is 5.52. The van der Waals surface area contributed by atoms with Gasteiger partial charge in [-0.1, -0.05) is 20.8 Å². The minimum atomic E-state index is -0.568. The van der Waals surface area contributed by atoms with Crippen LogP contribution in [0.1, 0.15) is 37.5 Å². The van der Waals surface area contributed by atoms with Gasteiger partial charge in [0.25, 0.3) is 0 Å². The van der Waals surface area contributed by atoms with Crippen molar-refractivity contribution < 1.29 is 4.39 Å². The van der Waals surface area contributed by atoms with E-state index in [1.807, 2.05) is 32.9 Å². The van der Waals surface area contributed by atoms with E-state index in [2.05, 4.69) is 0 Å². The topological polar surface area (TPSA) is 47.6 Å². The summed E-state index contributed by atoms with van der Waals surface area (Å²) in [5, 5.41) is 17.8. The lowest BCUT2D eigenvalue weighted by Gasteiger charge is -2.21. The number of nitriles is 2. The number of hydrogen-bond acceptors (Lipinski definition) is 2. The van der Waals surface area contributed by atoms with Gasteiger partial charge in [-0.05, 0) is 23.1 Å². The van der Waals surface area contributed by atoms with E-state index in [1.54, 1.807) is 0 Å². The molecule has 0 aliphatic rings. The Morgan fingerprint density at radius 3 is 2.13 bits per heavy atom. The minimum Gasteiger partial charge on any atom is -0.206 e. The molecule has 3 heteroatoms. The van der Waals surface area contributed by atoms with Gasteiger partial charge in [0.1, 0.15) is 11.9 Å². The molecular formula is C12H11FN2. The third kappa shape index (κ3) is 1.97. The van der Waals surface area contributed by atoms with Crippen LogP contribution >= 0.6 is 0 Å². The van der Waals surface area contributed by atoms with E-state index in [4.69, 9.17) is 10.5 Å². The summed E-state index contributed by atoms with van der Waals surface area (Å²) in [6.07, 6.45) is 0. The summed E-state index contributed by atoms with van der Waals surface area (Å²) in [4.78, 5) is 0. The zero-order valence-corrected chi connectivity index (χ0v) is 8.93. The largest absolute Gasteiger partial charge is 0.206 e. The third-order valence-electron chi connectivity index (χ3n) is 2.14. The van der Waals surface area contributed by atoms with E-state index in [9.17, 15) is 4.39 Å². The molecule has 0 unspecified atom stereocenters. The molecule has 0 radical (unpaired) electrons. The summed E-state index contributed by atoms with van der Waals surface area (Å²) in [6.45, 7) is 5.55. The second kappa shape index (κ2) is 3.71. The van der Waals surface area contributed by atoms with Gasteiger partial charge in [0.05, 0.1) is 17.2 Å². The predicted octanol–water partition coefficient (Wildman–Crippen LogP) is 2.87. The highest BCUT2D eigenvalue weighted by Gasteiger charge is 2.24. The van der Waals surface area contributed by atoms with Gasteiger partial charge in [-0.25, -0.2) is 4.39 Å². The van der Waals surface area contributed by atoms with Crippen LogP contribution in [-0.4, -0.2) is 0 Å². The van der Waals surface area contributed by atoms with Crippen LogP contribution in [0.15, 0.2) is 12.1 Å². The van der Waals surface area contributed by atoms with Gasteiger partial charge < -0.3 is 0 Å². The van der Waals surface area contributed by atoms with Crippen LogP contribution in [0.4, 0.5) is 4.39 Å². The van der Waals surface area contributed by atoms with Crippen molar-refractivity contribution in [2.24, 2.45) is 0 Å². The van der Waals surface area contributed by atoms with Gasteiger partial charge in [0, 0.05) is 0 Å². The Bertz CT molecular complexity index is 470. The standard InChI is InChI=1S/C12H11FN2/c1-12(2,3)11-8(6-14)4-5-10(13)9(11)7-15/h4-5H,1-3H3. The molecule has 1 rings (SSSR count). The van der Waals surface area contributed by atoms with Crippen molar-refractivity contribution in [1.82, 2.24) is 0 Å². The SMILES string of the molecule is CC(C)(C)c1c(C#N)ccc(F)c1C#N. The van der Waals surface area contributed by atoms with Gasteiger partial charge in [0.2, 0.25) is 0 Å². The fourth-order valence-corrected chi connectivity index (χ4v) is 1.56. The van der Waals surface area contributed by atoms with Crippen molar-refractivity contribution >= 4 is 0 Å². The van der Waals surface area contributed by atoms with Crippen LogP contribution in [0.25, 0.3) is 0 Å². The molecule has 0 bridgehead atoms. The van der Waals surface area contributed by atoms with E-state index in [-0.39, 0.29) is 5.56 Å². The van der Waals surface area contributed by atoms with Crippen LogP contribution in [0.5, 0.6) is 0 Å². The van der Waals surface area contributed by atoms with Crippen molar-refractivity contribution in [3.63, 3.8) is 0 Å². The molecule has 0 N–H and O–H groups in total. The normalized spacial score (nSPS) is 10.5. The maximum absolute atomic E-state index is 13.4. The number of halogens is 1. The quantitative estimate of drug-likeness (QED) is 0.649. The average Bonchev–Trinajstić information content (AvgIpc) is 2.15. The van der Waals surface area contributed by atoms with Gasteiger partial charge in [-0.2, -0.15) is 10.5 Å². The predicted molar refractivity (Wildman–Crippen MR) is 54.5 cm³/mol. The summed E-state index contributed by atoms with van der Waals surface area (Å²) in [7, 11) is 0. The summed E-state index contributed by atoms with van der Waals surface area (Å²) in [5.41, 5.74) is 0.396. The first kappa shape index (κ1) is 11.2. The van der Waals surface area contributed by atoms with E-state index in [0.717, 1.165) is 6.07 Å². The molecule has 1 aromatic rings. The number of rotatable bonds is 0. The summed E-state index contributed by atoms with van der Waals surface area (Å²) >= 11 is 0.